The second-order valence-corrected chi connectivity index (χ2v) is 15.1. The fourth-order valence-corrected chi connectivity index (χ4v) is 7.39. The molecule has 1 heterocycles. The summed E-state index contributed by atoms with van der Waals surface area (Å²) in [6.45, 7) is 12.4. The van der Waals surface area contributed by atoms with Gasteiger partial charge in [-0.25, -0.2) is 0 Å². The highest BCUT2D eigenvalue weighted by Gasteiger charge is 2.69. The zero-order chi connectivity index (χ0) is 18.0. The Morgan fingerprint density at radius 3 is 2.80 bits per heavy atom. The van der Waals surface area contributed by atoms with Crippen LogP contribution in [-0.2, 0) is 9.22 Å². The van der Waals surface area contributed by atoms with Crippen LogP contribution in [-0.4, -0.2) is 45.4 Å². The molecule has 4 aliphatic rings. The molecule has 1 saturated heterocycles. The lowest BCUT2D eigenvalue weighted by atomic mass is 9.66. The smallest absolute Gasteiger partial charge is 0.293 e. The Hall–Kier alpha value is -0.388. The predicted octanol–water partition coefficient (Wildman–Crippen LogP) is 3.86. The first-order chi connectivity index (χ1) is 11.7. The Morgan fingerprint density at radius 2 is 2.12 bits per heavy atom. The Balaban J connectivity index is 1.62. The summed E-state index contributed by atoms with van der Waals surface area (Å²) in [5.74, 6) is 2.11. The standard InChI is InChI=1S/C20H33BNO2Si/c1-19(2,3)25(4,5)24-12-16-18-14-8-9-15(11-14)20(18)10-6-7-17(20)22(16)21-13-23/h8-9,13-18H,6-7,10-12H2,1-5H3/t14?,15?,16-,17?,18?,20?/m1/s1. The summed E-state index contributed by atoms with van der Waals surface area (Å²) in [5, 5.41) is 0.229. The quantitative estimate of drug-likeness (QED) is 0.425. The number of carbonyl (C=O) groups excluding carboxylic acids is 1. The Bertz CT molecular complexity index is 587. The minimum absolute atomic E-state index is 0.229. The maximum Gasteiger partial charge on any atom is 0.293 e. The summed E-state index contributed by atoms with van der Waals surface area (Å²) in [7, 11) is 0.0671. The van der Waals surface area contributed by atoms with Crippen molar-refractivity contribution in [3.8, 4) is 0 Å². The molecule has 1 radical (unpaired) electrons. The molecule has 0 aromatic rings. The normalized spacial score (nSPS) is 42.7. The molecule has 3 aliphatic carbocycles. The number of hydrogen-bond donors (Lipinski definition) is 0. The SMILES string of the molecule is CC(C)(C)[Si](C)(C)OC[C@@H]1C2C3C=CC(C3)C23CCCC3N1[B]C=O. The van der Waals surface area contributed by atoms with Crippen LogP contribution in [0.25, 0.3) is 0 Å². The van der Waals surface area contributed by atoms with Crippen LogP contribution in [0.4, 0.5) is 0 Å². The summed E-state index contributed by atoms with van der Waals surface area (Å²) in [6.07, 6.45) is 11.2. The van der Waals surface area contributed by atoms with Crippen molar-refractivity contribution in [3.05, 3.63) is 12.2 Å². The van der Waals surface area contributed by atoms with Crippen molar-refractivity contribution in [2.24, 2.45) is 23.2 Å². The van der Waals surface area contributed by atoms with Crippen LogP contribution >= 0.6 is 0 Å². The molecule has 0 amide bonds. The zero-order valence-corrected chi connectivity index (χ0v) is 17.5. The topological polar surface area (TPSA) is 29.5 Å². The average Bonchev–Trinajstić information content (AvgIpc) is 3.23. The Labute approximate surface area is 155 Å². The van der Waals surface area contributed by atoms with Gasteiger partial charge in [-0.3, -0.25) is 0 Å². The van der Waals surface area contributed by atoms with Crippen molar-refractivity contribution < 1.29 is 9.22 Å². The predicted molar refractivity (Wildman–Crippen MR) is 106 cm³/mol. The van der Waals surface area contributed by atoms with Crippen molar-refractivity contribution in [3.63, 3.8) is 0 Å². The largest absolute Gasteiger partial charge is 0.415 e. The molecule has 2 saturated carbocycles. The van der Waals surface area contributed by atoms with Gasteiger partial charge in [-0.2, -0.15) is 0 Å². The van der Waals surface area contributed by atoms with Gasteiger partial charge >= 0.3 is 0 Å². The van der Waals surface area contributed by atoms with Crippen molar-refractivity contribution in [1.29, 1.82) is 0 Å². The van der Waals surface area contributed by atoms with Crippen LogP contribution < -0.4 is 0 Å². The molecule has 1 spiro atoms. The molecule has 25 heavy (non-hydrogen) atoms. The van der Waals surface area contributed by atoms with Crippen molar-refractivity contribution >= 4 is 21.9 Å². The lowest BCUT2D eigenvalue weighted by molar-refractivity contribution is 0.142. The number of allylic oxidation sites excluding steroid dienone is 2. The lowest BCUT2D eigenvalue weighted by Gasteiger charge is -2.40. The van der Waals surface area contributed by atoms with Crippen LogP contribution in [0.3, 0.4) is 0 Å². The van der Waals surface area contributed by atoms with Crippen molar-refractivity contribution in [2.45, 2.75) is 76.7 Å². The molecule has 0 N–H and O–H groups in total. The zero-order valence-electron chi connectivity index (χ0n) is 16.5. The summed E-state index contributed by atoms with van der Waals surface area (Å²) in [6, 6.07) is 0.931. The molecule has 4 rings (SSSR count). The number of fused-ring (bicyclic) bond motifs is 3. The molecule has 5 heteroatoms. The number of carbonyl (C=O) groups is 1. The van der Waals surface area contributed by atoms with E-state index in [0.717, 1.165) is 18.7 Å². The number of nitrogens with zero attached hydrogens (tertiary/aromatic N) is 1. The lowest BCUT2D eigenvalue weighted by Crippen LogP contribution is -2.49. The summed E-state index contributed by atoms with van der Waals surface area (Å²) in [5.41, 5.74) is 0.417. The number of rotatable bonds is 5. The monoisotopic (exact) mass is 358 g/mol. The first-order valence-corrected chi connectivity index (χ1v) is 13.0. The molecule has 1 aliphatic heterocycles. The first kappa shape index (κ1) is 18.0. The highest BCUT2D eigenvalue weighted by Crippen LogP contribution is 2.69. The number of hydrogen-bond acceptors (Lipinski definition) is 3. The van der Waals surface area contributed by atoms with Crippen LogP contribution in [0.5, 0.6) is 0 Å². The van der Waals surface area contributed by atoms with Gasteiger partial charge < -0.3 is 14.0 Å². The molecule has 3 nitrogen and oxygen atoms in total. The van der Waals surface area contributed by atoms with Crippen molar-refractivity contribution in [2.75, 3.05) is 6.61 Å². The van der Waals surface area contributed by atoms with Gasteiger partial charge in [0.15, 0.2) is 8.32 Å². The van der Waals surface area contributed by atoms with E-state index in [4.69, 9.17) is 4.43 Å². The molecule has 137 valence electrons. The third-order valence-electron chi connectivity index (χ3n) is 8.41. The first-order valence-electron chi connectivity index (χ1n) is 10.1. The van der Waals surface area contributed by atoms with Crippen molar-refractivity contribution in [1.82, 2.24) is 4.81 Å². The van der Waals surface area contributed by atoms with Gasteiger partial charge in [0.25, 0.3) is 7.41 Å². The van der Waals surface area contributed by atoms with E-state index in [1.165, 1.54) is 25.7 Å². The highest BCUT2D eigenvalue weighted by molar-refractivity contribution is 6.74. The van der Waals surface area contributed by atoms with E-state index in [2.05, 4.69) is 50.8 Å². The van der Waals surface area contributed by atoms with Crippen LogP contribution in [0.15, 0.2) is 12.2 Å². The van der Waals surface area contributed by atoms with Gasteiger partial charge in [0.05, 0.1) is 6.19 Å². The van der Waals surface area contributed by atoms with Gasteiger partial charge in [0, 0.05) is 18.7 Å². The third-order valence-corrected chi connectivity index (χ3v) is 12.9. The van der Waals surface area contributed by atoms with E-state index in [1.807, 2.05) is 7.41 Å². The fraction of sp³-hybridized carbons (Fsp3) is 0.850. The molecule has 3 fully saturated rings. The molecular formula is C20H33BNO2Si. The second kappa shape index (κ2) is 5.80. The molecule has 2 bridgehead atoms. The Kier molecular flexibility index (Phi) is 4.18. The van der Waals surface area contributed by atoms with Gasteiger partial charge in [-0.15, -0.1) is 0 Å². The molecular weight excluding hydrogens is 325 g/mol. The summed E-state index contributed by atoms with van der Waals surface area (Å²) in [4.78, 5) is 13.8. The summed E-state index contributed by atoms with van der Waals surface area (Å²) < 4.78 is 6.67. The minimum Gasteiger partial charge on any atom is -0.415 e. The van der Waals surface area contributed by atoms with E-state index < -0.39 is 8.32 Å². The third kappa shape index (κ3) is 2.41. The van der Waals surface area contributed by atoms with Gasteiger partial charge in [-0.05, 0) is 60.6 Å². The summed E-state index contributed by atoms with van der Waals surface area (Å²) >= 11 is 0. The van der Waals surface area contributed by atoms with E-state index in [-0.39, 0.29) is 5.04 Å². The maximum absolute atomic E-state index is 11.4. The van der Waals surface area contributed by atoms with E-state index in [9.17, 15) is 4.79 Å². The van der Waals surface area contributed by atoms with Gasteiger partial charge in [0.1, 0.15) is 0 Å². The van der Waals surface area contributed by atoms with Gasteiger partial charge in [-0.1, -0.05) is 39.3 Å². The van der Waals surface area contributed by atoms with Gasteiger partial charge in [0.2, 0.25) is 0 Å². The minimum atomic E-state index is -1.78. The van der Waals surface area contributed by atoms with Crippen LogP contribution in [0, 0.1) is 23.2 Å². The molecule has 0 aromatic heterocycles. The molecule has 0 aromatic carbocycles. The van der Waals surface area contributed by atoms with Crippen LogP contribution in [0.1, 0.15) is 46.5 Å². The molecule has 6 atom stereocenters. The van der Waals surface area contributed by atoms with E-state index in [0.29, 0.717) is 29.3 Å². The average molecular weight is 358 g/mol. The highest BCUT2D eigenvalue weighted by atomic mass is 28.4. The van der Waals surface area contributed by atoms with Crippen LogP contribution in [0.2, 0.25) is 18.1 Å². The molecule has 5 unspecified atom stereocenters. The Morgan fingerprint density at radius 1 is 1.36 bits per heavy atom. The second-order valence-electron chi connectivity index (χ2n) is 10.3. The van der Waals surface area contributed by atoms with E-state index >= 15 is 0 Å². The maximum atomic E-state index is 11.4. The fourth-order valence-electron chi connectivity index (χ4n) is 6.37. The van der Waals surface area contributed by atoms with E-state index in [1.54, 1.807) is 0 Å².